The van der Waals surface area contributed by atoms with E-state index < -0.39 is 0 Å². The van der Waals surface area contributed by atoms with Gasteiger partial charge in [-0.3, -0.25) is 0 Å². The van der Waals surface area contributed by atoms with Crippen LogP contribution in [0, 0.1) is 6.92 Å². The van der Waals surface area contributed by atoms with Crippen molar-refractivity contribution in [3.63, 3.8) is 0 Å². The molecule has 1 heterocycles. The van der Waals surface area contributed by atoms with E-state index in [1.54, 1.807) is 6.20 Å². The van der Waals surface area contributed by atoms with Crippen LogP contribution in [0.4, 0.5) is 0 Å². The zero-order valence-corrected chi connectivity index (χ0v) is 7.45. The first kappa shape index (κ1) is 9.13. The quantitative estimate of drug-likeness (QED) is 0.679. The van der Waals surface area contributed by atoms with Crippen molar-refractivity contribution in [3.05, 3.63) is 23.8 Å². The van der Waals surface area contributed by atoms with Gasteiger partial charge in [0.1, 0.15) is 5.82 Å². The molecule has 0 bridgehead atoms. The third-order valence-electron chi connectivity index (χ3n) is 1.72. The van der Waals surface area contributed by atoms with Crippen LogP contribution in [-0.2, 0) is 6.42 Å². The summed E-state index contributed by atoms with van der Waals surface area (Å²) >= 11 is 0. The molecule has 0 aliphatic heterocycles. The van der Waals surface area contributed by atoms with Crippen molar-refractivity contribution in [2.24, 2.45) is 5.73 Å². The van der Waals surface area contributed by atoms with Crippen LogP contribution in [0.15, 0.2) is 12.3 Å². The van der Waals surface area contributed by atoms with Crippen LogP contribution in [0.1, 0.15) is 24.4 Å². The Kier molecular flexibility index (Phi) is 3.67. The second-order valence-corrected chi connectivity index (χ2v) is 2.84. The highest BCUT2D eigenvalue weighted by Crippen LogP contribution is 2.00. The molecule has 2 N–H and O–H groups in total. The van der Waals surface area contributed by atoms with Crippen molar-refractivity contribution in [2.75, 3.05) is 6.54 Å². The standard InChI is InChI=1S/C9H15N3/c1-8-11-7-5-9(12-8)4-2-3-6-10/h5,7H,2-4,6,10H2,1H3. The normalized spacial score (nSPS) is 10.2. The lowest BCUT2D eigenvalue weighted by Gasteiger charge is -1.99. The lowest BCUT2D eigenvalue weighted by molar-refractivity contribution is 0.727. The number of aromatic nitrogens is 2. The fraction of sp³-hybridized carbons (Fsp3) is 0.556. The minimum absolute atomic E-state index is 0.768. The Hall–Kier alpha value is -0.960. The maximum Gasteiger partial charge on any atom is 0.125 e. The van der Waals surface area contributed by atoms with Gasteiger partial charge in [-0.2, -0.15) is 0 Å². The van der Waals surface area contributed by atoms with Gasteiger partial charge in [0.2, 0.25) is 0 Å². The van der Waals surface area contributed by atoms with Gasteiger partial charge in [0.15, 0.2) is 0 Å². The van der Waals surface area contributed by atoms with Crippen molar-refractivity contribution in [1.82, 2.24) is 9.97 Å². The highest BCUT2D eigenvalue weighted by molar-refractivity contribution is 5.01. The maximum atomic E-state index is 5.39. The molecule has 0 unspecified atom stereocenters. The van der Waals surface area contributed by atoms with Gasteiger partial charge in [0, 0.05) is 11.9 Å². The Balaban J connectivity index is 2.41. The molecule has 1 aromatic heterocycles. The van der Waals surface area contributed by atoms with E-state index in [9.17, 15) is 0 Å². The molecular formula is C9H15N3. The average Bonchev–Trinajstić information content (AvgIpc) is 2.05. The van der Waals surface area contributed by atoms with Crippen molar-refractivity contribution in [2.45, 2.75) is 26.2 Å². The first-order chi connectivity index (χ1) is 5.83. The van der Waals surface area contributed by atoms with E-state index in [-0.39, 0.29) is 0 Å². The predicted octanol–water partition coefficient (Wildman–Crippen LogP) is 1.07. The fourth-order valence-corrected chi connectivity index (χ4v) is 1.09. The Morgan fingerprint density at radius 1 is 1.42 bits per heavy atom. The van der Waals surface area contributed by atoms with Gasteiger partial charge >= 0.3 is 0 Å². The maximum absolute atomic E-state index is 5.39. The predicted molar refractivity (Wildman–Crippen MR) is 48.8 cm³/mol. The van der Waals surface area contributed by atoms with Crippen LogP contribution in [0.25, 0.3) is 0 Å². The van der Waals surface area contributed by atoms with E-state index in [4.69, 9.17) is 5.73 Å². The van der Waals surface area contributed by atoms with Crippen LogP contribution in [-0.4, -0.2) is 16.5 Å². The van der Waals surface area contributed by atoms with Gasteiger partial charge in [-0.15, -0.1) is 0 Å². The lowest BCUT2D eigenvalue weighted by atomic mass is 10.2. The number of nitrogens with zero attached hydrogens (tertiary/aromatic N) is 2. The molecule has 0 aromatic carbocycles. The van der Waals surface area contributed by atoms with Crippen LogP contribution < -0.4 is 5.73 Å². The average molecular weight is 165 g/mol. The molecule has 0 radical (unpaired) electrons. The Bertz CT molecular complexity index is 235. The molecule has 0 amide bonds. The van der Waals surface area contributed by atoms with Gasteiger partial charge in [0.05, 0.1) is 0 Å². The number of nitrogens with two attached hydrogens (primary N) is 1. The van der Waals surface area contributed by atoms with Crippen molar-refractivity contribution in [1.29, 1.82) is 0 Å². The molecule has 0 atom stereocenters. The first-order valence-electron chi connectivity index (χ1n) is 4.31. The molecule has 0 fully saturated rings. The summed E-state index contributed by atoms with van der Waals surface area (Å²) in [6.07, 6.45) is 5.01. The largest absolute Gasteiger partial charge is 0.330 e. The number of hydrogen-bond donors (Lipinski definition) is 1. The van der Waals surface area contributed by atoms with Crippen molar-refractivity contribution >= 4 is 0 Å². The molecule has 0 spiro atoms. The van der Waals surface area contributed by atoms with E-state index in [1.807, 2.05) is 13.0 Å². The highest BCUT2D eigenvalue weighted by atomic mass is 14.9. The topological polar surface area (TPSA) is 51.8 Å². The second-order valence-electron chi connectivity index (χ2n) is 2.84. The van der Waals surface area contributed by atoms with Gasteiger partial charge in [-0.05, 0) is 38.8 Å². The SMILES string of the molecule is Cc1nccc(CCCCN)n1. The molecule has 1 rings (SSSR count). The Morgan fingerprint density at radius 3 is 2.92 bits per heavy atom. The molecular weight excluding hydrogens is 150 g/mol. The summed E-state index contributed by atoms with van der Waals surface area (Å²) in [5.41, 5.74) is 6.51. The third kappa shape index (κ3) is 2.96. The zero-order valence-electron chi connectivity index (χ0n) is 7.45. The van der Waals surface area contributed by atoms with Gasteiger partial charge < -0.3 is 5.73 Å². The Labute approximate surface area is 73.0 Å². The lowest BCUT2D eigenvalue weighted by Crippen LogP contribution is -2.00. The van der Waals surface area contributed by atoms with Crippen molar-refractivity contribution in [3.8, 4) is 0 Å². The summed E-state index contributed by atoms with van der Waals surface area (Å²) in [7, 11) is 0. The summed E-state index contributed by atoms with van der Waals surface area (Å²) in [6.45, 7) is 2.68. The third-order valence-corrected chi connectivity index (χ3v) is 1.72. The van der Waals surface area contributed by atoms with E-state index in [0.717, 1.165) is 37.3 Å². The second kappa shape index (κ2) is 4.83. The van der Waals surface area contributed by atoms with E-state index in [1.165, 1.54) is 0 Å². The van der Waals surface area contributed by atoms with Gasteiger partial charge in [-0.1, -0.05) is 0 Å². The fourth-order valence-electron chi connectivity index (χ4n) is 1.09. The number of unbranched alkanes of at least 4 members (excludes halogenated alkanes) is 1. The molecule has 3 nitrogen and oxygen atoms in total. The van der Waals surface area contributed by atoms with Crippen LogP contribution in [0.5, 0.6) is 0 Å². The molecule has 3 heteroatoms. The monoisotopic (exact) mass is 165 g/mol. The molecule has 1 aromatic rings. The van der Waals surface area contributed by atoms with Crippen LogP contribution in [0.3, 0.4) is 0 Å². The number of aryl methyl sites for hydroxylation is 2. The summed E-state index contributed by atoms with van der Waals surface area (Å²) in [4.78, 5) is 8.33. The van der Waals surface area contributed by atoms with Crippen molar-refractivity contribution < 1.29 is 0 Å². The summed E-state index contributed by atoms with van der Waals surface area (Å²) in [6, 6.07) is 1.96. The van der Waals surface area contributed by atoms with E-state index in [2.05, 4.69) is 9.97 Å². The molecule has 66 valence electrons. The van der Waals surface area contributed by atoms with Gasteiger partial charge in [0.25, 0.3) is 0 Å². The minimum atomic E-state index is 0.768. The molecule has 0 saturated carbocycles. The van der Waals surface area contributed by atoms with E-state index in [0.29, 0.717) is 0 Å². The first-order valence-corrected chi connectivity index (χ1v) is 4.31. The summed E-state index contributed by atoms with van der Waals surface area (Å²) < 4.78 is 0. The van der Waals surface area contributed by atoms with E-state index >= 15 is 0 Å². The molecule has 0 aliphatic rings. The smallest absolute Gasteiger partial charge is 0.125 e. The highest BCUT2D eigenvalue weighted by Gasteiger charge is 1.94. The van der Waals surface area contributed by atoms with Crippen LogP contribution >= 0.6 is 0 Å². The zero-order chi connectivity index (χ0) is 8.81. The number of rotatable bonds is 4. The molecule has 0 saturated heterocycles. The Morgan fingerprint density at radius 2 is 2.25 bits per heavy atom. The number of hydrogen-bond acceptors (Lipinski definition) is 3. The summed E-state index contributed by atoms with van der Waals surface area (Å²) in [5.74, 6) is 0.847. The van der Waals surface area contributed by atoms with Crippen LogP contribution in [0.2, 0.25) is 0 Å². The minimum Gasteiger partial charge on any atom is -0.330 e. The molecule has 0 aliphatic carbocycles. The summed E-state index contributed by atoms with van der Waals surface area (Å²) in [5, 5.41) is 0. The molecule has 12 heavy (non-hydrogen) atoms. The van der Waals surface area contributed by atoms with Gasteiger partial charge in [-0.25, -0.2) is 9.97 Å².